The molecule has 88 valence electrons. The van der Waals surface area contributed by atoms with Crippen LogP contribution < -0.4 is 5.32 Å². The van der Waals surface area contributed by atoms with E-state index in [-0.39, 0.29) is 0 Å². The van der Waals surface area contributed by atoms with Gasteiger partial charge in [-0.1, -0.05) is 6.92 Å². The Labute approximate surface area is 94.4 Å². The lowest BCUT2D eigenvalue weighted by molar-refractivity contribution is 0.153. The molecular weight excluding hydrogens is 184 g/mol. The molecule has 0 spiro atoms. The summed E-state index contributed by atoms with van der Waals surface area (Å²) in [6, 6.07) is 1.44. The highest BCUT2D eigenvalue weighted by molar-refractivity contribution is 5.00. The fraction of sp³-hybridized carbons (Fsp3) is 1.00. The standard InChI is InChI=1S/C13H26N2/c1-4-12-6-10-15(13(3)7-8-13)9-5-11(2)14-12/h11-12,14H,4-10H2,1-3H3. The molecule has 1 N–H and O–H groups in total. The lowest BCUT2D eigenvalue weighted by atomic mass is 10.0. The molecule has 0 aromatic heterocycles. The van der Waals surface area contributed by atoms with Crippen LogP contribution in [0.4, 0.5) is 0 Å². The summed E-state index contributed by atoms with van der Waals surface area (Å²) in [7, 11) is 0. The molecule has 2 heteroatoms. The summed E-state index contributed by atoms with van der Waals surface area (Å²) in [4.78, 5) is 2.74. The van der Waals surface area contributed by atoms with Crippen LogP contribution >= 0.6 is 0 Å². The molecule has 2 fully saturated rings. The van der Waals surface area contributed by atoms with Crippen LogP contribution in [0.1, 0.15) is 52.9 Å². The first-order chi connectivity index (χ1) is 7.14. The van der Waals surface area contributed by atoms with Crippen molar-refractivity contribution in [2.75, 3.05) is 13.1 Å². The number of rotatable bonds is 2. The van der Waals surface area contributed by atoms with Crippen LogP contribution in [0.15, 0.2) is 0 Å². The van der Waals surface area contributed by atoms with E-state index in [1.54, 1.807) is 0 Å². The van der Waals surface area contributed by atoms with E-state index in [9.17, 15) is 0 Å². The Kier molecular flexibility index (Phi) is 3.36. The predicted octanol–water partition coefficient (Wildman–Crippen LogP) is 2.39. The summed E-state index contributed by atoms with van der Waals surface area (Å²) in [6.07, 6.45) is 6.76. The number of nitrogens with one attached hydrogen (secondary N) is 1. The molecule has 0 amide bonds. The van der Waals surface area contributed by atoms with E-state index in [2.05, 4.69) is 31.0 Å². The Morgan fingerprint density at radius 3 is 2.53 bits per heavy atom. The highest BCUT2D eigenvalue weighted by Crippen LogP contribution is 2.41. The monoisotopic (exact) mass is 210 g/mol. The van der Waals surface area contributed by atoms with E-state index in [0.29, 0.717) is 11.6 Å². The van der Waals surface area contributed by atoms with E-state index in [0.717, 1.165) is 6.04 Å². The third kappa shape index (κ3) is 2.73. The number of nitrogens with zero attached hydrogens (tertiary/aromatic N) is 1. The van der Waals surface area contributed by atoms with Gasteiger partial charge < -0.3 is 5.32 Å². The third-order valence-corrected chi connectivity index (χ3v) is 4.33. The molecular formula is C13H26N2. The SMILES string of the molecule is CCC1CCN(C2(C)CC2)CCC(C)N1. The molecule has 0 aromatic carbocycles. The van der Waals surface area contributed by atoms with Crippen molar-refractivity contribution >= 4 is 0 Å². The Morgan fingerprint density at radius 2 is 1.93 bits per heavy atom. The smallest absolute Gasteiger partial charge is 0.0182 e. The van der Waals surface area contributed by atoms with Gasteiger partial charge in [-0.25, -0.2) is 0 Å². The average molecular weight is 210 g/mol. The highest BCUT2D eigenvalue weighted by Gasteiger charge is 2.43. The van der Waals surface area contributed by atoms with Crippen molar-refractivity contribution in [3.63, 3.8) is 0 Å². The second kappa shape index (κ2) is 4.42. The van der Waals surface area contributed by atoms with E-state index in [1.807, 2.05) is 0 Å². The first kappa shape index (κ1) is 11.4. The van der Waals surface area contributed by atoms with Crippen molar-refractivity contribution in [2.45, 2.75) is 70.5 Å². The quantitative estimate of drug-likeness (QED) is 0.753. The van der Waals surface area contributed by atoms with Gasteiger partial charge in [-0.3, -0.25) is 4.90 Å². The maximum Gasteiger partial charge on any atom is 0.0182 e. The minimum absolute atomic E-state index is 0.579. The molecule has 2 aliphatic rings. The molecule has 1 aliphatic heterocycles. The van der Waals surface area contributed by atoms with Gasteiger partial charge in [0.1, 0.15) is 0 Å². The van der Waals surface area contributed by atoms with Gasteiger partial charge in [0.25, 0.3) is 0 Å². The second-order valence-electron chi connectivity index (χ2n) is 5.73. The number of hydrogen-bond acceptors (Lipinski definition) is 2. The highest BCUT2D eigenvalue weighted by atomic mass is 15.2. The Morgan fingerprint density at radius 1 is 1.27 bits per heavy atom. The molecule has 1 saturated heterocycles. The average Bonchev–Trinajstić information content (AvgIpc) is 2.91. The van der Waals surface area contributed by atoms with Gasteiger partial charge in [0.05, 0.1) is 0 Å². The van der Waals surface area contributed by atoms with E-state index in [1.165, 1.54) is 45.2 Å². The first-order valence-electron chi connectivity index (χ1n) is 6.65. The minimum Gasteiger partial charge on any atom is -0.311 e. The zero-order valence-corrected chi connectivity index (χ0v) is 10.6. The molecule has 0 aromatic rings. The Hall–Kier alpha value is -0.0800. The summed E-state index contributed by atoms with van der Waals surface area (Å²) >= 11 is 0. The molecule has 2 rings (SSSR count). The van der Waals surface area contributed by atoms with Gasteiger partial charge in [0.2, 0.25) is 0 Å². The van der Waals surface area contributed by atoms with Gasteiger partial charge in [-0.2, -0.15) is 0 Å². The lowest BCUT2D eigenvalue weighted by Crippen LogP contribution is -2.47. The zero-order valence-electron chi connectivity index (χ0n) is 10.6. The summed E-state index contributed by atoms with van der Waals surface area (Å²) < 4.78 is 0. The van der Waals surface area contributed by atoms with Crippen molar-refractivity contribution in [3.8, 4) is 0 Å². The fourth-order valence-corrected chi connectivity index (χ4v) is 2.70. The zero-order chi connectivity index (χ0) is 10.9. The van der Waals surface area contributed by atoms with E-state index < -0.39 is 0 Å². The van der Waals surface area contributed by atoms with E-state index in [4.69, 9.17) is 0 Å². The Bertz CT molecular complexity index is 211. The maximum absolute atomic E-state index is 3.73. The van der Waals surface area contributed by atoms with Gasteiger partial charge >= 0.3 is 0 Å². The van der Waals surface area contributed by atoms with Crippen LogP contribution in [0, 0.1) is 0 Å². The topological polar surface area (TPSA) is 15.3 Å². The van der Waals surface area contributed by atoms with Crippen molar-refractivity contribution in [1.82, 2.24) is 10.2 Å². The normalized spacial score (nSPS) is 37.0. The molecule has 2 atom stereocenters. The van der Waals surface area contributed by atoms with Crippen molar-refractivity contribution in [2.24, 2.45) is 0 Å². The predicted molar refractivity (Wildman–Crippen MR) is 65.1 cm³/mol. The third-order valence-electron chi connectivity index (χ3n) is 4.33. The van der Waals surface area contributed by atoms with Gasteiger partial charge in [-0.15, -0.1) is 0 Å². The molecule has 2 nitrogen and oxygen atoms in total. The van der Waals surface area contributed by atoms with Crippen molar-refractivity contribution < 1.29 is 0 Å². The molecule has 0 bridgehead atoms. The molecule has 0 radical (unpaired) electrons. The Balaban J connectivity index is 1.92. The minimum atomic E-state index is 0.579. The summed E-state index contributed by atoms with van der Waals surface area (Å²) in [5.74, 6) is 0. The summed E-state index contributed by atoms with van der Waals surface area (Å²) in [6.45, 7) is 9.67. The van der Waals surface area contributed by atoms with Crippen molar-refractivity contribution in [3.05, 3.63) is 0 Å². The van der Waals surface area contributed by atoms with Gasteiger partial charge in [-0.05, 0) is 46.0 Å². The molecule has 1 heterocycles. The van der Waals surface area contributed by atoms with E-state index >= 15 is 0 Å². The number of hydrogen-bond donors (Lipinski definition) is 1. The van der Waals surface area contributed by atoms with Crippen molar-refractivity contribution in [1.29, 1.82) is 0 Å². The molecule has 15 heavy (non-hydrogen) atoms. The first-order valence-corrected chi connectivity index (χ1v) is 6.65. The van der Waals surface area contributed by atoms with Crippen LogP contribution in [-0.4, -0.2) is 35.6 Å². The van der Waals surface area contributed by atoms with Gasteiger partial charge in [0, 0.05) is 30.7 Å². The fourth-order valence-electron chi connectivity index (χ4n) is 2.70. The van der Waals surface area contributed by atoms with Crippen LogP contribution in [0.3, 0.4) is 0 Å². The second-order valence-corrected chi connectivity index (χ2v) is 5.73. The van der Waals surface area contributed by atoms with Crippen LogP contribution in [0.5, 0.6) is 0 Å². The maximum atomic E-state index is 3.73. The largest absolute Gasteiger partial charge is 0.311 e. The van der Waals surface area contributed by atoms with Crippen LogP contribution in [0.25, 0.3) is 0 Å². The lowest BCUT2D eigenvalue weighted by Gasteiger charge is -2.35. The van der Waals surface area contributed by atoms with Gasteiger partial charge in [0.15, 0.2) is 0 Å². The molecule has 2 unspecified atom stereocenters. The van der Waals surface area contributed by atoms with Crippen LogP contribution in [-0.2, 0) is 0 Å². The molecule has 1 saturated carbocycles. The van der Waals surface area contributed by atoms with Crippen LogP contribution in [0.2, 0.25) is 0 Å². The summed E-state index contributed by atoms with van der Waals surface area (Å²) in [5, 5.41) is 3.73. The molecule has 1 aliphatic carbocycles. The summed E-state index contributed by atoms with van der Waals surface area (Å²) in [5.41, 5.74) is 0.579.